The van der Waals surface area contributed by atoms with Crippen LogP contribution in [0, 0.1) is 0 Å². The van der Waals surface area contributed by atoms with Crippen LogP contribution in [-0.4, -0.2) is 50.1 Å². The van der Waals surface area contributed by atoms with Gasteiger partial charge in [-0.2, -0.15) is 0 Å². The molecule has 0 aliphatic carbocycles. The van der Waals surface area contributed by atoms with E-state index in [9.17, 15) is 14.4 Å². The molecule has 2 aromatic rings. The standard InChI is InChI=1S/C22H25N3O5/c26-20(15-30-18-5-2-1-3-6-18)25-17-10-8-16(9-11-17)21(27)23-12-13-24-22(28)19-7-4-14-29-19/h1-3,5-6,8-11,19H,4,7,12-15H2,(H,23,27)(H,24,28)(H,25,26). The van der Waals surface area contributed by atoms with E-state index in [1.165, 1.54) is 0 Å². The molecule has 3 N–H and O–H groups in total. The van der Waals surface area contributed by atoms with Gasteiger partial charge < -0.3 is 25.4 Å². The first-order valence-corrected chi connectivity index (χ1v) is 9.87. The average molecular weight is 411 g/mol. The fourth-order valence-corrected chi connectivity index (χ4v) is 2.93. The number of hydrogen-bond acceptors (Lipinski definition) is 5. The van der Waals surface area contributed by atoms with Crippen LogP contribution in [-0.2, 0) is 14.3 Å². The van der Waals surface area contributed by atoms with Gasteiger partial charge in [-0.15, -0.1) is 0 Å². The van der Waals surface area contributed by atoms with Gasteiger partial charge in [-0.05, 0) is 49.2 Å². The Hall–Kier alpha value is -3.39. The maximum absolute atomic E-state index is 12.2. The summed E-state index contributed by atoms with van der Waals surface area (Å²) in [6, 6.07) is 15.6. The molecule has 2 aromatic carbocycles. The second kappa shape index (κ2) is 11.0. The lowest BCUT2D eigenvalue weighted by Gasteiger charge is -2.11. The van der Waals surface area contributed by atoms with Gasteiger partial charge >= 0.3 is 0 Å². The van der Waals surface area contributed by atoms with Crippen molar-refractivity contribution >= 4 is 23.4 Å². The number of hydrogen-bond donors (Lipinski definition) is 3. The van der Waals surface area contributed by atoms with Crippen LogP contribution in [0.5, 0.6) is 5.75 Å². The average Bonchev–Trinajstić information content (AvgIpc) is 3.31. The predicted molar refractivity (Wildman–Crippen MR) is 111 cm³/mol. The third-order valence-corrected chi connectivity index (χ3v) is 4.48. The fourth-order valence-electron chi connectivity index (χ4n) is 2.93. The van der Waals surface area contributed by atoms with Crippen LogP contribution in [0.3, 0.4) is 0 Å². The molecular weight excluding hydrogens is 386 g/mol. The van der Waals surface area contributed by atoms with Crippen LogP contribution in [0.2, 0.25) is 0 Å². The summed E-state index contributed by atoms with van der Waals surface area (Å²) < 4.78 is 10.7. The molecular formula is C22H25N3O5. The number of anilines is 1. The highest BCUT2D eigenvalue weighted by molar-refractivity contribution is 5.96. The summed E-state index contributed by atoms with van der Waals surface area (Å²) in [4.78, 5) is 36.0. The lowest BCUT2D eigenvalue weighted by molar-refractivity contribution is -0.130. The lowest BCUT2D eigenvalue weighted by atomic mass is 10.2. The van der Waals surface area contributed by atoms with Crippen molar-refractivity contribution in [3.05, 3.63) is 60.2 Å². The Morgan fingerprint density at radius 1 is 0.967 bits per heavy atom. The Kier molecular flexibility index (Phi) is 7.79. The minimum absolute atomic E-state index is 0.107. The SMILES string of the molecule is O=C(COc1ccccc1)Nc1ccc(C(=O)NCCNC(=O)C2CCCO2)cc1. The molecule has 158 valence electrons. The number of benzene rings is 2. The first kappa shape index (κ1) is 21.3. The van der Waals surface area contributed by atoms with Gasteiger partial charge in [0.1, 0.15) is 11.9 Å². The van der Waals surface area contributed by atoms with Crippen LogP contribution >= 0.6 is 0 Å². The summed E-state index contributed by atoms with van der Waals surface area (Å²) in [6.07, 6.45) is 1.26. The molecule has 0 aromatic heterocycles. The van der Waals surface area contributed by atoms with E-state index >= 15 is 0 Å². The summed E-state index contributed by atoms with van der Waals surface area (Å²) in [5, 5.41) is 8.20. The monoisotopic (exact) mass is 411 g/mol. The first-order chi connectivity index (χ1) is 14.6. The van der Waals surface area contributed by atoms with Gasteiger partial charge in [0, 0.05) is 30.9 Å². The van der Waals surface area contributed by atoms with Crippen LogP contribution in [0.4, 0.5) is 5.69 Å². The van der Waals surface area contributed by atoms with Gasteiger partial charge in [-0.25, -0.2) is 0 Å². The van der Waals surface area contributed by atoms with Crippen molar-refractivity contribution in [2.75, 3.05) is 31.6 Å². The Labute approximate surface area is 174 Å². The van der Waals surface area contributed by atoms with Gasteiger partial charge in [0.05, 0.1) is 0 Å². The summed E-state index contributed by atoms with van der Waals surface area (Å²) in [7, 11) is 0. The number of ether oxygens (including phenoxy) is 2. The quantitative estimate of drug-likeness (QED) is 0.545. The third-order valence-electron chi connectivity index (χ3n) is 4.48. The molecule has 8 heteroatoms. The number of amides is 3. The van der Waals surface area contributed by atoms with Gasteiger partial charge in [0.2, 0.25) is 5.91 Å². The Morgan fingerprint density at radius 3 is 2.40 bits per heavy atom. The highest BCUT2D eigenvalue weighted by Gasteiger charge is 2.22. The molecule has 30 heavy (non-hydrogen) atoms. The molecule has 1 unspecified atom stereocenters. The van der Waals surface area contributed by atoms with Crippen molar-refractivity contribution in [2.24, 2.45) is 0 Å². The minimum Gasteiger partial charge on any atom is -0.484 e. The van der Waals surface area contributed by atoms with Crippen LogP contribution in [0.1, 0.15) is 23.2 Å². The zero-order valence-corrected chi connectivity index (χ0v) is 16.6. The zero-order chi connectivity index (χ0) is 21.2. The normalized spacial score (nSPS) is 15.3. The summed E-state index contributed by atoms with van der Waals surface area (Å²) in [6.45, 7) is 1.15. The largest absolute Gasteiger partial charge is 0.484 e. The zero-order valence-electron chi connectivity index (χ0n) is 16.6. The van der Waals surface area contributed by atoms with E-state index in [1.54, 1.807) is 36.4 Å². The third kappa shape index (κ3) is 6.59. The molecule has 8 nitrogen and oxygen atoms in total. The van der Waals surface area contributed by atoms with E-state index in [0.717, 1.165) is 12.8 Å². The molecule has 3 amide bonds. The van der Waals surface area contributed by atoms with Crippen LogP contribution < -0.4 is 20.7 Å². The van der Waals surface area contributed by atoms with Gasteiger partial charge in [-0.3, -0.25) is 14.4 Å². The molecule has 3 rings (SSSR count). The van der Waals surface area contributed by atoms with E-state index in [0.29, 0.717) is 36.7 Å². The van der Waals surface area contributed by atoms with Crippen LogP contribution in [0.25, 0.3) is 0 Å². The van der Waals surface area contributed by atoms with Crippen molar-refractivity contribution in [3.8, 4) is 5.75 Å². The maximum Gasteiger partial charge on any atom is 0.262 e. The second-order valence-corrected chi connectivity index (χ2v) is 6.78. The van der Waals surface area contributed by atoms with Gasteiger partial charge in [-0.1, -0.05) is 18.2 Å². The predicted octanol–water partition coefficient (Wildman–Crippen LogP) is 1.73. The number of rotatable bonds is 9. The van der Waals surface area contributed by atoms with E-state index in [4.69, 9.17) is 9.47 Å². The van der Waals surface area contributed by atoms with Gasteiger partial charge in [0.15, 0.2) is 6.61 Å². The first-order valence-electron chi connectivity index (χ1n) is 9.87. The number of carbonyl (C=O) groups is 3. The number of nitrogens with one attached hydrogen (secondary N) is 3. The second-order valence-electron chi connectivity index (χ2n) is 6.78. The molecule has 1 heterocycles. The van der Waals surface area contributed by atoms with E-state index in [2.05, 4.69) is 16.0 Å². The number of carbonyl (C=O) groups excluding carboxylic acids is 3. The summed E-state index contributed by atoms with van der Waals surface area (Å²) in [5.41, 5.74) is 1.02. The highest BCUT2D eigenvalue weighted by atomic mass is 16.5. The molecule has 0 spiro atoms. The smallest absolute Gasteiger partial charge is 0.262 e. The Morgan fingerprint density at radius 2 is 1.70 bits per heavy atom. The molecule has 0 radical (unpaired) electrons. The highest BCUT2D eigenvalue weighted by Crippen LogP contribution is 2.12. The van der Waals surface area contributed by atoms with E-state index in [-0.39, 0.29) is 30.4 Å². The lowest BCUT2D eigenvalue weighted by Crippen LogP contribution is -2.39. The van der Waals surface area contributed by atoms with E-state index in [1.807, 2.05) is 18.2 Å². The van der Waals surface area contributed by atoms with Crippen molar-refractivity contribution < 1.29 is 23.9 Å². The van der Waals surface area contributed by atoms with Crippen molar-refractivity contribution in [1.29, 1.82) is 0 Å². The van der Waals surface area contributed by atoms with E-state index < -0.39 is 0 Å². The number of para-hydroxylation sites is 1. The summed E-state index contributed by atoms with van der Waals surface area (Å²) >= 11 is 0. The Balaban J connectivity index is 1.36. The Bertz CT molecular complexity index is 849. The van der Waals surface area contributed by atoms with Gasteiger partial charge in [0.25, 0.3) is 11.8 Å². The molecule has 0 saturated carbocycles. The maximum atomic E-state index is 12.2. The molecule has 1 aliphatic rings. The molecule has 0 bridgehead atoms. The van der Waals surface area contributed by atoms with Crippen molar-refractivity contribution in [3.63, 3.8) is 0 Å². The summed E-state index contributed by atoms with van der Waals surface area (Å²) in [5.74, 6) is -0.0746. The van der Waals surface area contributed by atoms with Crippen molar-refractivity contribution in [2.45, 2.75) is 18.9 Å². The fraction of sp³-hybridized carbons (Fsp3) is 0.318. The minimum atomic E-state index is -0.374. The van der Waals surface area contributed by atoms with Crippen LogP contribution in [0.15, 0.2) is 54.6 Å². The topological polar surface area (TPSA) is 106 Å². The molecule has 1 aliphatic heterocycles. The molecule has 1 fully saturated rings. The molecule has 1 atom stereocenters. The van der Waals surface area contributed by atoms with Crippen molar-refractivity contribution in [1.82, 2.24) is 10.6 Å². The molecule has 1 saturated heterocycles.